The van der Waals surface area contributed by atoms with Crippen molar-refractivity contribution >= 4 is 23.2 Å². The van der Waals surface area contributed by atoms with Gasteiger partial charge in [-0.05, 0) is 40.3 Å². The number of nitrogens with zero attached hydrogens (tertiary/aromatic N) is 4. The Labute approximate surface area is 137 Å². The smallest absolute Gasteiger partial charge is 0.246 e. The van der Waals surface area contributed by atoms with Crippen molar-refractivity contribution < 1.29 is 4.79 Å². The van der Waals surface area contributed by atoms with Crippen LogP contribution in [0.1, 0.15) is 11.6 Å². The molecular formula is C15H13ClN6O. The Bertz CT molecular complexity index is 719. The first-order valence-corrected chi connectivity index (χ1v) is 7.27. The van der Waals surface area contributed by atoms with Gasteiger partial charge in [-0.3, -0.25) is 10.1 Å². The third kappa shape index (κ3) is 3.97. The summed E-state index contributed by atoms with van der Waals surface area (Å²) in [7, 11) is 0. The van der Waals surface area contributed by atoms with Crippen molar-refractivity contribution in [2.45, 2.75) is 12.3 Å². The van der Waals surface area contributed by atoms with Gasteiger partial charge in [0, 0.05) is 10.7 Å². The van der Waals surface area contributed by atoms with E-state index >= 15 is 0 Å². The highest BCUT2D eigenvalue weighted by Gasteiger charge is 2.25. The molecule has 116 valence electrons. The van der Waals surface area contributed by atoms with Gasteiger partial charge >= 0.3 is 0 Å². The van der Waals surface area contributed by atoms with Gasteiger partial charge in [0.1, 0.15) is 6.04 Å². The minimum absolute atomic E-state index is 0.240. The molecule has 0 saturated carbocycles. The van der Waals surface area contributed by atoms with E-state index in [4.69, 9.17) is 11.6 Å². The quantitative estimate of drug-likeness (QED) is 0.875. The van der Waals surface area contributed by atoms with Gasteiger partial charge in [-0.25, -0.2) is 0 Å². The monoisotopic (exact) mass is 328 g/mol. The van der Waals surface area contributed by atoms with Crippen LogP contribution in [0.3, 0.4) is 0 Å². The topological polar surface area (TPSA) is 90.6 Å². The first kappa shape index (κ1) is 15.3. The number of rotatable bonds is 5. The van der Waals surface area contributed by atoms with E-state index in [0.29, 0.717) is 10.7 Å². The number of benzene rings is 2. The molecule has 1 amide bonds. The van der Waals surface area contributed by atoms with E-state index in [1.165, 1.54) is 0 Å². The van der Waals surface area contributed by atoms with Gasteiger partial charge in [0.15, 0.2) is 0 Å². The van der Waals surface area contributed by atoms with E-state index in [1.54, 1.807) is 24.3 Å². The molecule has 1 aliphatic heterocycles. The molecule has 0 unspecified atom stereocenters. The lowest BCUT2D eigenvalue weighted by Gasteiger charge is -2.19. The molecule has 7 nitrogen and oxygen atoms in total. The number of hydrogen-bond donors (Lipinski definition) is 2. The van der Waals surface area contributed by atoms with E-state index < -0.39 is 12.3 Å². The summed E-state index contributed by atoms with van der Waals surface area (Å²) < 4.78 is 0. The van der Waals surface area contributed by atoms with E-state index in [-0.39, 0.29) is 5.91 Å². The summed E-state index contributed by atoms with van der Waals surface area (Å²) in [5, 5.41) is 20.9. The number of carbonyl (C=O) groups excluding carboxylic acids is 1. The van der Waals surface area contributed by atoms with Gasteiger partial charge in [-0.15, -0.1) is 10.2 Å². The molecule has 0 saturated heterocycles. The number of halogens is 1. The molecule has 23 heavy (non-hydrogen) atoms. The zero-order valence-corrected chi connectivity index (χ0v) is 12.7. The molecule has 2 aromatic rings. The number of para-hydroxylation sites is 1. The van der Waals surface area contributed by atoms with Crippen LogP contribution in [0, 0.1) is 0 Å². The maximum Gasteiger partial charge on any atom is 0.246 e. The van der Waals surface area contributed by atoms with Crippen molar-refractivity contribution in [1.29, 1.82) is 0 Å². The minimum Gasteiger partial charge on any atom is -0.324 e. The lowest BCUT2D eigenvalue weighted by atomic mass is 10.1. The van der Waals surface area contributed by atoms with E-state index in [2.05, 4.69) is 31.3 Å². The third-order valence-electron chi connectivity index (χ3n) is 3.18. The Morgan fingerprint density at radius 1 is 1.00 bits per heavy atom. The molecule has 1 heterocycles. The normalized spacial score (nSPS) is 14.8. The second kappa shape index (κ2) is 7.08. The number of anilines is 1. The Hall–Kier alpha value is -2.64. The highest BCUT2D eigenvalue weighted by molar-refractivity contribution is 6.30. The number of nitrogens with one attached hydrogen (secondary N) is 2. The van der Waals surface area contributed by atoms with Gasteiger partial charge in [0.2, 0.25) is 12.2 Å². The fourth-order valence-electron chi connectivity index (χ4n) is 2.10. The molecule has 2 N–H and O–H groups in total. The van der Waals surface area contributed by atoms with Crippen molar-refractivity contribution in [2.75, 3.05) is 5.32 Å². The average molecular weight is 329 g/mol. The Morgan fingerprint density at radius 3 is 2.30 bits per heavy atom. The summed E-state index contributed by atoms with van der Waals surface area (Å²) in [5.74, 6) is -0.240. The molecule has 3 rings (SSSR count). The Morgan fingerprint density at radius 2 is 1.65 bits per heavy atom. The summed E-state index contributed by atoms with van der Waals surface area (Å²) in [6.45, 7) is 0. The molecule has 1 aliphatic rings. The van der Waals surface area contributed by atoms with Gasteiger partial charge in [-0.1, -0.05) is 41.9 Å². The first-order chi connectivity index (χ1) is 11.2. The largest absolute Gasteiger partial charge is 0.324 e. The van der Waals surface area contributed by atoms with Crippen molar-refractivity contribution in [1.82, 2.24) is 5.32 Å². The standard InChI is InChI=1S/C15H13ClN6O/c16-11-8-6-10(7-9-11)13(18-15-19-21-22-20-15)14(23)17-12-4-2-1-3-5-12/h1-9,13,15,18H,(H,17,23)/t13-/m0/s1. The van der Waals surface area contributed by atoms with Crippen molar-refractivity contribution in [2.24, 2.45) is 20.7 Å². The van der Waals surface area contributed by atoms with Crippen LogP contribution in [0.2, 0.25) is 5.02 Å². The lowest BCUT2D eigenvalue weighted by Crippen LogP contribution is -2.37. The van der Waals surface area contributed by atoms with Crippen LogP contribution in [0.25, 0.3) is 0 Å². The van der Waals surface area contributed by atoms with Crippen LogP contribution in [-0.4, -0.2) is 12.2 Å². The van der Waals surface area contributed by atoms with Crippen LogP contribution in [0.5, 0.6) is 0 Å². The molecule has 0 fully saturated rings. The molecule has 0 spiro atoms. The SMILES string of the molecule is O=C(Nc1ccccc1)[C@@H](NC1N=NN=N1)c1ccc(Cl)cc1. The zero-order valence-electron chi connectivity index (χ0n) is 11.9. The van der Waals surface area contributed by atoms with Crippen LogP contribution < -0.4 is 10.6 Å². The molecule has 0 bridgehead atoms. The number of amides is 1. The van der Waals surface area contributed by atoms with Crippen molar-refractivity contribution in [3.05, 3.63) is 65.2 Å². The van der Waals surface area contributed by atoms with E-state index in [9.17, 15) is 4.79 Å². The number of hydrogen-bond acceptors (Lipinski definition) is 6. The molecule has 1 atom stereocenters. The number of carbonyl (C=O) groups is 1. The fourth-order valence-corrected chi connectivity index (χ4v) is 2.22. The predicted molar refractivity (Wildman–Crippen MR) is 85.9 cm³/mol. The van der Waals surface area contributed by atoms with Crippen LogP contribution in [0.4, 0.5) is 5.69 Å². The summed E-state index contributed by atoms with van der Waals surface area (Å²) in [5.41, 5.74) is 1.44. The first-order valence-electron chi connectivity index (χ1n) is 6.90. The summed E-state index contributed by atoms with van der Waals surface area (Å²) in [6.07, 6.45) is -0.683. The third-order valence-corrected chi connectivity index (χ3v) is 3.44. The molecule has 0 aliphatic carbocycles. The van der Waals surface area contributed by atoms with Gasteiger partial charge in [0.25, 0.3) is 0 Å². The van der Waals surface area contributed by atoms with Crippen LogP contribution in [-0.2, 0) is 4.79 Å². The van der Waals surface area contributed by atoms with Gasteiger partial charge < -0.3 is 5.32 Å². The van der Waals surface area contributed by atoms with Gasteiger partial charge in [-0.2, -0.15) is 0 Å². The maximum atomic E-state index is 12.6. The van der Waals surface area contributed by atoms with Crippen molar-refractivity contribution in [3.63, 3.8) is 0 Å². The van der Waals surface area contributed by atoms with E-state index in [1.807, 2.05) is 30.3 Å². The highest BCUT2D eigenvalue weighted by Crippen LogP contribution is 2.20. The average Bonchev–Trinajstić information content (AvgIpc) is 3.08. The van der Waals surface area contributed by atoms with Crippen LogP contribution >= 0.6 is 11.6 Å². The molecule has 0 aromatic heterocycles. The molecular weight excluding hydrogens is 316 g/mol. The van der Waals surface area contributed by atoms with Gasteiger partial charge in [0.05, 0.1) is 0 Å². The van der Waals surface area contributed by atoms with Crippen molar-refractivity contribution in [3.8, 4) is 0 Å². The molecule has 0 radical (unpaired) electrons. The van der Waals surface area contributed by atoms with E-state index in [0.717, 1.165) is 5.56 Å². The second-order valence-corrected chi connectivity index (χ2v) is 5.23. The molecule has 8 heteroatoms. The highest BCUT2D eigenvalue weighted by atomic mass is 35.5. The summed E-state index contributed by atoms with van der Waals surface area (Å²) >= 11 is 5.91. The Kier molecular flexibility index (Phi) is 4.70. The second-order valence-electron chi connectivity index (χ2n) is 4.79. The predicted octanol–water partition coefficient (Wildman–Crippen LogP) is 3.73. The lowest BCUT2D eigenvalue weighted by molar-refractivity contribution is -0.118. The Balaban J connectivity index is 1.81. The fraction of sp³-hybridized carbons (Fsp3) is 0.133. The molecule has 2 aromatic carbocycles. The summed E-state index contributed by atoms with van der Waals surface area (Å²) in [4.78, 5) is 12.6. The van der Waals surface area contributed by atoms with Crippen LogP contribution in [0.15, 0.2) is 75.3 Å². The summed E-state index contributed by atoms with van der Waals surface area (Å²) in [6, 6.07) is 15.5. The zero-order chi connectivity index (χ0) is 16.1. The maximum absolute atomic E-state index is 12.6. The minimum atomic E-state index is -0.683.